The Morgan fingerprint density at radius 1 is 1.24 bits per heavy atom. The first kappa shape index (κ1) is 15.4. The van der Waals surface area contributed by atoms with E-state index in [9.17, 15) is 0 Å². The Balaban J connectivity index is 2.20. The highest BCUT2D eigenvalue weighted by molar-refractivity contribution is 5.53. The van der Waals surface area contributed by atoms with E-state index in [1.807, 2.05) is 12.3 Å². The molecule has 0 aromatic rings. The summed E-state index contributed by atoms with van der Waals surface area (Å²) in [5.74, 6) is 0. The second-order valence-electron chi connectivity index (χ2n) is 5.35. The normalized spacial score (nSPS) is 19.8. The lowest BCUT2D eigenvalue weighted by Gasteiger charge is -2.27. The van der Waals surface area contributed by atoms with E-state index in [0.717, 1.165) is 39.0 Å². The van der Waals surface area contributed by atoms with Crippen molar-refractivity contribution in [3.8, 4) is 0 Å². The first-order valence-corrected chi connectivity index (χ1v) is 7.82. The zero-order valence-electron chi connectivity index (χ0n) is 13.1. The summed E-state index contributed by atoms with van der Waals surface area (Å²) in [6.07, 6.45) is 18.4. The standard InChI is InChI=1S/C19H26N2/c1-4-7-8-11-17(5-2)18-12-9-10-13-19(18)21-15-14-20(6-3)16-21/h5-8,11-13H,2-4,9-10,14-16H2,1H3/b8-7-,17-11+. The highest BCUT2D eigenvalue weighted by atomic mass is 15.4. The summed E-state index contributed by atoms with van der Waals surface area (Å²) in [7, 11) is 0. The van der Waals surface area contributed by atoms with Crippen LogP contribution in [0.4, 0.5) is 0 Å². The van der Waals surface area contributed by atoms with Crippen molar-refractivity contribution in [2.24, 2.45) is 0 Å². The van der Waals surface area contributed by atoms with Crippen molar-refractivity contribution in [2.45, 2.75) is 26.2 Å². The number of hydrogen-bond acceptors (Lipinski definition) is 2. The van der Waals surface area contributed by atoms with Gasteiger partial charge < -0.3 is 9.80 Å². The molecule has 0 N–H and O–H groups in total. The van der Waals surface area contributed by atoms with Crippen LogP contribution in [0.25, 0.3) is 0 Å². The molecule has 0 bridgehead atoms. The molecular weight excluding hydrogens is 256 g/mol. The molecule has 1 fully saturated rings. The van der Waals surface area contributed by atoms with Crippen molar-refractivity contribution < 1.29 is 0 Å². The zero-order chi connectivity index (χ0) is 15.1. The first-order chi connectivity index (χ1) is 10.3. The van der Waals surface area contributed by atoms with Crippen molar-refractivity contribution in [3.05, 3.63) is 72.7 Å². The number of rotatable bonds is 6. The molecule has 0 atom stereocenters. The molecule has 0 spiro atoms. The Morgan fingerprint density at radius 2 is 2.05 bits per heavy atom. The highest BCUT2D eigenvalue weighted by Gasteiger charge is 2.23. The van der Waals surface area contributed by atoms with Crippen LogP contribution in [0.3, 0.4) is 0 Å². The summed E-state index contributed by atoms with van der Waals surface area (Å²) >= 11 is 0. The molecule has 2 nitrogen and oxygen atoms in total. The maximum atomic E-state index is 3.99. The van der Waals surface area contributed by atoms with Gasteiger partial charge in [0.05, 0.1) is 6.67 Å². The van der Waals surface area contributed by atoms with E-state index < -0.39 is 0 Å². The third-order valence-electron chi connectivity index (χ3n) is 3.92. The molecule has 2 rings (SSSR count). The molecule has 1 aliphatic heterocycles. The summed E-state index contributed by atoms with van der Waals surface area (Å²) in [6.45, 7) is 13.1. The molecule has 0 aromatic carbocycles. The van der Waals surface area contributed by atoms with Gasteiger partial charge in [0.25, 0.3) is 0 Å². The SMILES string of the molecule is C=C/C(=C\C=C/CC)C1=CCCC=C1N1CCN(C=C)C1. The van der Waals surface area contributed by atoms with Crippen LogP contribution in [0.2, 0.25) is 0 Å². The predicted molar refractivity (Wildman–Crippen MR) is 91.6 cm³/mol. The van der Waals surface area contributed by atoms with E-state index >= 15 is 0 Å². The Hall–Kier alpha value is -1.96. The molecule has 0 unspecified atom stereocenters. The average molecular weight is 282 g/mol. The number of allylic oxidation sites excluding steroid dienone is 7. The molecule has 112 valence electrons. The third kappa shape index (κ3) is 3.78. The molecule has 2 heteroatoms. The van der Waals surface area contributed by atoms with Crippen molar-refractivity contribution in [3.63, 3.8) is 0 Å². The van der Waals surface area contributed by atoms with E-state index in [-0.39, 0.29) is 0 Å². The lowest BCUT2D eigenvalue weighted by molar-refractivity contribution is 0.351. The van der Waals surface area contributed by atoms with Crippen molar-refractivity contribution in [1.82, 2.24) is 9.80 Å². The predicted octanol–water partition coefficient (Wildman–Crippen LogP) is 4.39. The first-order valence-electron chi connectivity index (χ1n) is 7.82. The minimum absolute atomic E-state index is 0.932. The molecule has 1 saturated heterocycles. The van der Waals surface area contributed by atoms with E-state index in [4.69, 9.17) is 0 Å². The van der Waals surface area contributed by atoms with Gasteiger partial charge in [0.1, 0.15) is 0 Å². The topological polar surface area (TPSA) is 6.48 Å². The second kappa shape index (κ2) is 7.72. The smallest absolute Gasteiger partial charge is 0.0899 e. The van der Waals surface area contributed by atoms with Gasteiger partial charge >= 0.3 is 0 Å². The molecule has 1 heterocycles. The van der Waals surface area contributed by atoms with Crippen LogP contribution in [0.15, 0.2) is 72.7 Å². The van der Waals surface area contributed by atoms with Gasteiger partial charge in [-0.25, -0.2) is 0 Å². The van der Waals surface area contributed by atoms with Crippen LogP contribution in [-0.2, 0) is 0 Å². The average Bonchev–Trinajstić information content (AvgIpc) is 3.01. The Morgan fingerprint density at radius 3 is 2.71 bits per heavy atom. The van der Waals surface area contributed by atoms with Gasteiger partial charge in [-0.1, -0.05) is 56.5 Å². The van der Waals surface area contributed by atoms with E-state index in [0.29, 0.717) is 0 Å². The van der Waals surface area contributed by atoms with Gasteiger partial charge in [-0.15, -0.1) is 0 Å². The molecule has 1 aliphatic carbocycles. The fraction of sp³-hybridized carbons (Fsp3) is 0.368. The summed E-state index contributed by atoms with van der Waals surface area (Å²) in [5, 5.41) is 0. The largest absolute Gasteiger partial charge is 0.359 e. The van der Waals surface area contributed by atoms with Gasteiger partial charge in [-0.3, -0.25) is 0 Å². The second-order valence-corrected chi connectivity index (χ2v) is 5.35. The van der Waals surface area contributed by atoms with E-state index in [1.165, 1.54) is 16.8 Å². The van der Waals surface area contributed by atoms with Crippen LogP contribution in [0, 0.1) is 0 Å². The quantitative estimate of drug-likeness (QED) is 0.667. The fourth-order valence-electron chi connectivity index (χ4n) is 2.76. The molecular formula is C19H26N2. The monoisotopic (exact) mass is 282 g/mol. The molecule has 0 amide bonds. The third-order valence-corrected chi connectivity index (χ3v) is 3.92. The fourth-order valence-corrected chi connectivity index (χ4v) is 2.76. The summed E-state index contributed by atoms with van der Waals surface area (Å²) in [5.41, 5.74) is 3.88. The Labute approximate surface area is 129 Å². The van der Waals surface area contributed by atoms with Crippen LogP contribution in [0.1, 0.15) is 26.2 Å². The summed E-state index contributed by atoms with van der Waals surface area (Å²) in [6, 6.07) is 0. The maximum Gasteiger partial charge on any atom is 0.0899 e. The molecule has 0 saturated carbocycles. The van der Waals surface area contributed by atoms with Crippen molar-refractivity contribution in [2.75, 3.05) is 19.8 Å². The highest BCUT2D eigenvalue weighted by Crippen LogP contribution is 2.30. The van der Waals surface area contributed by atoms with Crippen LogP contribution in [0.5, 0.6) is 0 Å². The Bertz CT molecular complexity index is 506. The van der Waals surface area contributed by atoms with Gasteiger partial charge in [-0.2, -0.15) is 0 Å². The molecule has 2 aliphatic rings. The summed E-state index contributed by atoms with van der Waals surface area (Å²) < 4.78 is 0. The van der Waals surface area contributed by atoms with E-state index in [2.05, 4.69) is 60.3 Å². The minimum Gasteiger partial charge on any atom is -0.359 e. The lowest BCUT2D eigenvalue weighted by atomic mass is 9.95. The zero-order valence-corrected chi connectivity index (χ0v) is 13.1. The van der Waals surface area contributed by atoms with Crippen LogP contribution >= 0.6 is 0 Å². The lowest BCUT2D eigenvalue weighted by Crippen LogP contribution is -2.24. The minimum atomic E-state index is 0.932. The molecule has 21 heavy (non-hydrogen) atoms. The maximum absolute atomic E-state index is 3.99. The molecule has 0 radical (unpaired) electrons. The number of hydrogen-bond donors (Lipinski definition) is 0. The van der Waals surface area contributed by atoms with Crippen LogP contribution in [-0.4, -0.2) is 29.6 Å². The van der Waals surface area contributed by atoms with Gasteiger partial charge in [-0.05, 0) is 31.0 Å². The Kier molecular flexibility index (Phi) is 5.68. The molecule has 0 aromatic heterocycles. The van der Waals surface area contributed by atoms with E-state index in [1.54, 1.807) is 0 Å². The van der Waals surface area contributed by atoms with Gasteiger partial charge in [0, 0.05) is 24.4 Å². The van der Waals surface area contributed by atoms with Crippen molar-refractivity contribution in [1.29, 1.82) is 0 Å². The van der Waals surface area contributed by atoms with Gasteiger partial charge in [0.2, 0.25) is 0 Å². The summed E-state index contributed by atoms with van der Waals surface area (Å²) in [4.78, 5) is 4.69. The van der Waals surface area contributed by atoms with Gasteiger partial charge in [0.15, 0.2) is 0 Å². The van der Waals surface area contributed by atoms with Crippen molar-refractivity contribution >= 4 is 0 Å². The number of nitrogens with zero attached hydrogens (tertiary/aromatic N) is 2. The van der Waals surface area contributed by atoms with Crippen LogP contribution < -0.4 is 0 Å².